The third-order valence-corrected chi connectivity index (χ3v) is 2.16. The molecule has 0 bridgehead atoms. The van der Waals surface area contributed by atoms with E-state index < -0.39 is 24.5 Å². The Morgan fingerprint density at radius 1 is 1.71 bits per heavy atom. The lowest BCUT2D eigenvalue weighted by Gasteiger charge is -2.35. The molecule has 0 aromatic rings. The SMILES string of the molecule is COC1CC(O)C(N=[N+]=[N-])C(CO)O1. The molecule has 1 rings (SSSR count). The van der Waals surface area contributed by atoms with Crippen molar-refractivity contribution < 1.29 is 19.7 Å². The topological polar surface area (TPSA) is 108 Å². The maximum absolute atomic E-state index is 9.57. The van der Waals surface area contributed by atoms with Gasteiger partial charge < -0.3 is 19.7 Å². The molecule has 80 valence electrons. The maximum Gasteiger partial charge on any atom is 0.160 e. The van der Waals surface area contributed by atoms with Crippen molar-refractivity contribution >= 4 is 0 Å². The van der Waals surface area contributed by atoms with Crippen LogP contribution in [0.1, 0.15) is 6.42 Å². The number of azide groups is 1. The Morgan fingerprint density at radius 2 is 2.43 bits per heavy atom. The standard InChI is InChI=1S/C7H13N3O4/c1-13-6-2-4(12)7(9-10-8)5(3-11)14-6/h4-7,11-12H,2-3H2,1H3. The quantitative estimate of drug-likeness (QED) is 0.375. The van der Waals surface area contributed by atoms with E-state index in [2.05, 4.69) is 10.0 Å². The average Bonchev–Trinajstić information content (AvgIpc) is 2.20. The zero-order valence-electron chi connectivity index (χ0n) is 7.78. The Hall–Kier alpha value is -0.850. The van der Waals surface area contributed by atoms with Crippen LogP contribution in [-0.2, 0) is 9.47 Å². The van der Waals surface area contributed by atoms with Gasteiger partial charge in [0, 0.05) is 18.4 Å². The van der Waals surface area contributed by atoms with Gasteiger partial charge in [-0.2, -0.15) is 0 Å². The molecule has 4 atom stereocenters. The summed E-state index contributed by atoms with van der Waals surface area (Å²) in [5.41, 5.74) is 8.25. The van der Waals surface area contributed by atoms with Crippen LogP contribution in [0.25, 0.3) is 10.4 Å². The fraction of sp³-hybridized carbons (Fsp3) is 1.00. The number of rotatable bonds is 3. The van der Waals surface area contributed by atoms with E-state index in [0.717, 1.165) is 0 Å². The molecule has 0 saturated carbocycles. The van der Waals surface area contributed by atoms with Gasteiger partial charge in [0.2, 0.25) is 0 Å². The first-order valence-electron chi connectivity index (χ1n) is 4.24. The van der Waals surface area contributed by atoms with Crippen molar-refractivity contribution in [2.45, 2.75) is 31.0 Å². The summed E-state index contributed by atoms with van der Waals surface area (Å²) in [7, 11) is 1.44. The van der Waals surface area contributed by atoms with E-state index in [1.54, 1.807) is 0 Å². The highest BCUT2D eigenvalue weighted by molar-refractivity contribution is 4.88. The molecule has 2 N–H and O–H groups in total. The number of nitrogens with zero attached hydrogens (tertiary/aromatic N) is 3. The van der Waals surface area contributed by atoms with Gasteiger partial charge in [0.15, 0.2) is 6.29 Å². The molecule has 4 unspecified atom stereocenters. The van der Waals surface area contributed by atoms with Crippen molar-refractivity contribution in [2.24, 2.45) is 5.11 Å². The van der Waals surface area contributed by atoms with Gasteiger partial charge >= 0.3 is 0 Å². The van der Waals surface area contributed by atoms with Gasteiger partial charge in [-0.3, -0.25) is 0 Å². The van der Waals surface area contributed by atoms with Crippen LogP contribution < -0.4 is 0 Å². The zero-order valence-corrected chi connectivity index (χ0v) is 7.78. The summed E-state index contributed by atoms with van der Waals surface area (Å²) in [5.74, 6) is 0. The number of ether oxygens (including phenoxy) is 2. The number of methoxy groups -OCH3 is 1. The van der Waals surface area contributed by atoms with Gasteiger partial charge in [-0.25, -0.2) is 0 Å². The summed E-state index contributed by atoms with van der Waals surface area (Å²) >= 11 is 0. The molecule has 1 fully saturated rings. The molecule has 14 heavy (non-hydrogen) atoms. The van der Waals surface area contributed by atoms with Crippen LogP contribution in [0.15, 0.2) is 5.11 Å². The van der Waals surface area contributed by atoms with E-state index in [4.69, 9.17) is 20.1 Å². The van der Waals surface area contributed by atoms with Gasteiger partial charge in [-0.1, -0.05) is 5.11 Å². The van der Waals surface area contributed by atoms with E-state index in [-0.39, 0.29) is 13.0 Å². The first-order chi connectivity index (χ1) is 6.72. The summed E-state index contributed by atoms with van der Waals surface area (Å²) in [4.78, 5) is 2.59. The van der Waals surface area contributed by atoms with Crippen molar-refractivity contribution in [2.75, 3.05) is 13.7 Å². The van der Waals surface area contributed by atoms with E-state index >= 15 is 0 Å². The summed E-state index contributed by atoms with van der Waals surface area (Å²) < 4.78 is 10.1. The van der Waals surface area contributed by atoms with Gasteiger partial charge in [0.25, 0.3) is 0 Å². The predicted octanol–water partition coefficient (Wildman–Crippen LogP) is -0.220. The fourth-order valence-electron chi connectivity index (χ4n) is 1.43. The van der Waals surface area contributed by atoms with Crippen molar-refractivity contribution in [3.63, 3.8) is 0 Å². The van der Waals surface area contributed by atoms with Crippen molar-refractivity contribution in [3.8, 4) is 0 Å². The van der Waals surface area contributed by atoms with Gasteiger partial charge in [0.1, 0.15) is 0 Å². The fourth-order valence-corrected chi connectivity index (χ4v) is 1.43. The minimum absolute atomic E-state index is 0.233. The predicted molar refractivity (Wildman–Crippen MR) is 46.3 cm³/mol. The molecule has 0 radical (unpaired) electrons. The summed E-state index contributed by atoms with van der Waals surface area (Å²) in [6, 6.07) is -0.753. The van der Waals surface area contributed by atoms with Crippen molar-refractivity contribution in [1.29, 1.82) is 0 Å². The lowest BCUT2D eigenvalue weighted by Crippen LogP contribution is -2.49. The first-order valence-corrected chi connectivity index (χ1v) is 4.24. The van der Waals surface area contributed by atoms with Crippen LogP contribution in [0.4, 0.5) is 0 Å². The average molecular weight is 203 g/mol. The molecule has 0 aromatic carbocycles. The molecule has 1 aliphatic heterocycles. The highest BCUT2D eigenvalue weighted by Gasteiger charge is 2.36. The molecular formula is C7H13N3O4. The molecule has 0 aromatic heterocycles. The second-order valence-corrected chi connectivity index (χ2v) is 3.02. The molecule has 0 aliphatic carbocycles. The van der Waals surface area contributed by atoms with E-state index in [9.17, 15) is 5.11 Å². The van der Waals surface area contributed by atoms with Gasteiger partial charge in [-0.15, -0.1) is 0 Å². The number of hydrogen-bond donors (Lipinski definition) is 2. The smallest absolute Gasteiger partial charge is 0.160 e. The molecule has 1 aliphatic rings. The molecule has 0 amide bonds. The zero-order chi connectivity index (χ0) is 10.6. The van der Waals surface area contributed by atoms with Crippen LogP contribution in [-0.4, -0.2) is 48.5 Å². The van der Waals surface area contributed by atoms with E-state index in [1.807, 2.05) is 0 Å². The highest BCUT2D eigenvalue weighted by Crippen LogP contribution is 2.23. The van der Waals surface area contributed by atoms with Crippen LogP contribution in [0.3, 0.4) is 0 Å². The Kier molecular flexibility index (Phi) is 4.12. The lowest BCUT2D eigenvalue weighted by molar-refractivity contribution is -0.217. The first kappa shape index (κ1) is 11.2. The summed E-state index contributed by atoms with van der Waals surface area (Å²) in [6.07, 6.45) is -1.88. The van der Waals surface area contributed by atoms with E-state index in [1.165, 1.54) is 7.11 Å². The Bertz CT molecular complexity index is 231. The normalized spacial score (nSPS) is 37.6. The highest BCUT2D eigenvalue weighted by atomic mass is 16.7. The maximum atomic E-state index is 9.57. The largest absolute Gasteiger partial charge is 0.394 e. The second kappa shape index (κ2) is 5.14. The molecule has 0 spiro atoms. The van der Waals surface area contributed by atoms with Gasteiger partial charge in [-0.05, 0) is 5.53 Å². The van der Waals surface area contributed by atoms with Crippen LogP contribution >= 0.6 is 0 Å². The van der Waals surface area contributed by atoms with Crippen LogP contribution in [0.5, 0.6) is 0 Å². The number of aliphatic hydroxyl groups excluding tert-OH is 2. The van der Waals surface area contributed by atoms with Crippen LogP contribution in [0.2, 0.25) is 0 Å². The lowest BCUT2D eigenvalue weighted by atomic mass is 10.00. The Balaban J connectivity index is 2.70. The third kappa shape index (κ3) is 2.34. The Labute approximate surface area is 80.9 Å². The number of aliphatic hydroxyl groups is 2. The minimum atomic E-state index is -0.846. The molecular weight excluding hydrogens is 190 g/mol. The van der Waals surface area contributed by atoms with Crippen molar-refractivity contribution in [3.05, 3.63) is 10.4 Å². The van der Waals surface area contributed by atoms with Crippen LogP contribution in [0, 0.1) is 0 Å². The van der Waals surface area contributed by atoms with Gasteiger partial charge in [0.05, 0.1) is 24.9 Å². The Morgan fingerprint density at radius 3 is 2.93 bits per heavy atom. The third-order valence-electron chi connectivity index (χ3n) is 2.16. The summed E-state index contributed by atoms with van der Waals surface area (Å²) in [5, 5.41) is 21.9. The summed E-state index contributed by atoms with van der Waals surface area (Å²) in [6.45, 7) is -0.319. The molecule has 7 heteroatoms. The molecule has 7 nitrogen and oxygen atoms in total. The minimum Gasteiger partial charge on any atom is -0.394 e. The number of hydrogen-bond acceptors (Lipinski definition) is 5. The molecule has 1 saturated heterocycles. The monoisotopic (exact) mass is 203 g/mol. The van der Waals surface area contributed by atoms with Crippen molar-refractivity contribution in [1.82, 2.24) is 0 Å². The van der Waals surface area contributed by atoms with E-state index in [0.29, 0.717) is 0 Å². The molecule has 1 heterocycles. The second-order valence-electron chi connectivity index (χ2n) is 3.02.